The third-order valence-corrected chi connectivity index (χ3v) is 6.21. The van der Waals surface area contributed by atoms with Crippen LogP contribution in [0, 0.1) is 0 Å². The lowest BCUT2D eigenvalue weighted by molar-refractivity contribution is -0.153. The van der Waals surface area contributed by atoms with Crippen molar-refractivity contribution in [3.63, 3.8) is 0 Å². The van der Waals surface area contributed by atoms with E-state index in [1.807, 2.05) is 6.92 Å². The predicted octanol–water partition coefficient (Wildman–Crippen LogP) is 0.325. The van der Waals surface area contributed by atoms with Gasteiger partial charge in [0.05, 0.1) is 11.0 Å². The molecule has 2 amide bonds. The summed E-state index contributed by atoms with van der Waals surface area (Å²) in [6.45, 7) is 8.38. The largest absolute Gasteiger partial charge is 0.340 e. The van der Waals surface area contributed by atoms with Gasteiger partial charge in [0, 0.05) is 6.54 Å². The first-order valence-electron chi connectivity index (χ1n) is 6.90. The van der Waals surface area contributed by atoms with Crippen LogP contribution in [0.25, 0.3) is 0 Å². The number of carbonyl (C=O) groups excluding carboxylic acids is 2. The fourth-order valence-electron chi connectivity index (χ4n) is 2.06. The highest BCUT2D eigenvalue weighted by molar-refractivity contribution is 7.92. The predicted molar refractivity (Wildman–Crippen MR) is 76.9 cm³/mol. The topological polar surface area (TPSA) is 83.6 Å². The molecule has 0 radical (unpaired) electrons. The van der Waals surface area contributed by atoms with E-state index in [2.05, 4.69) is 5.32 Å². The molecule has 7 heteroatoms. The van der Waals surface area contributed by atoms with Crippen LogP contribution in [0.3, 0.4) is 0 Å². The van der Waals surface area contributed by atoms with Crippen LogP contribution in [0.5, 0.6) is 0 Å². The van der Waals surface area contributed by atoms with Crippen LogP contribution in [0.15, 0.2) is 0 Å². The molecular weight excluding hydrogens is 280 g/mol. The maximum Gasteiger partial charge on any atom is 0.248 e. The molecular formula is C13H24N2O4S. The second-order valence-electron chi connectivity index (χ2n) is 5.77. The van der Waals surface area contributed by atoms with E-state index in [1.165, 1.54) is 4.90 Å². The smallest absolute Gasteiger partial charge is 0.248 e. The third-order valence-electron chi connectivity index (χ3n) is 4.02. The summed E-state index contributed by atoms with van der Waals surface area (Å²) in [6, 6.07) is -0.635. The minimum absolute atomic E-state index is 0.0591. The first kappa shape index (κ1) is 16.9. The molecule has 1 saturated heterocycles. The molecule has 20 heavy (non-hydrogen) atoms. The molecule has 1 fully saturated rings. The van der Waals surface area contributed by atoms with E-state index in [0.717, 1.165) is 0 Å². The Labute approximate surface area is 120 Å². The van der Waals surface area contributed by atoms with Crippen molar-refractivity contribution in [2.45, 2.75) is 57.9 Å². The van der Waals surface area contributed by atoms with Gasteiger partial charge in [-0.3, -0.25) is 9.59 Å². The number of hydrogen-bond donors (Lipinski definition) is 1. The van der Waals surface area contributed by atoms with Crippen molar-refractivity contribution in [2.24, 2.45) is 0 Å². The van der Waals surface area contributed by atoms with Crippen molar-refractivity contribution in [1.82, 2.24) is 10.2 Å². The SMILES string of the molecule is CCC1(C)NC(=O)C(C)N(CCS(=O)(=O)C(C)C)C1=O. The summed E-state index contributed by atoms with van der Waals surface area (Å²) in [7, 11) is -3.23. The van der Waals surface area contributed by atoms with Crippen LogP contribution in [-0.4, -0.2) is 54.3 Å². The molecule has 2 atom stereocenters. The zero-order valence-corrected chi connectivity index (χ0v) is 13.6. The van der Waals surface area contributed by atoms with E-state index in [4.69, 9.17) is 0 Å². The number of nitrogens with one attached hydrogen (secondary N) is 1. The lowest BCUT2D eigenvalue weighted by atomic mass is 9.92. The average Bonchev–Trinajstić information content (AvgIpc) is 2.36. The molecule has 0 bridgehead atoms. The molecule has 0 saturated carbocycles. The van der Waals surface area contributed by atoms with Gasteiger partial charge in [-0.25, -0.2) is 8.42 Å². The fourth-order valence-corrected chi connectivity index (χ4v) is 2.98. The molecule has 1 aliphatic heterocycles. The molecule has 1 heterocycles. The molecule has 1 aliphatic rings. The number of hydrogen-bond acceptors (Lipinski definition) is 4. The van der Waals surface area contributed by atoms with Crippen LogP contribution < -0.4 is 5.32 Å². The quantitative estimate of drug-likeness (QED) is 0.793. The Hall–Kier alpha value is -1.11. The number of nitrogens with zero attached hydrogens (tertiary/aromatic N) is 1. The van der Waals surface area contributed by atoms with Gasteiger partial charge in [0.1, 0.15) is 11.6 Å². The molecule has 0 spiro atoms. The Morgan fingerprint density at radius 3 is 2.35 bits per heavy atom. The molecule has 0 aromatic heterocycles. The average molecular weight is 304 g/mol. The highest BCUT2D eigenvalue weighted by Crippen LogP contribution is 2.21. The molecule has 2 unspecified atom stereocenters. The second-order valence-corrected chi connectivity index (χ2v) is 8.44. The standard InChI is InChI=1S/C13H24N2O4S/c1-6-13(5)12(17)15(10(4)11(16)14-13)7-8-20(18,19)9(2)3/h9-10H,6-8H2,1-5H3,(H,14,16). The summed E-state index contributed by atoms with van der Waals surface area (Å²) in [6.07, 6.45) is 0.470. The van der Waals surface area contributed by atoms with E-state index in [1.54, 1.807) is 27.7 Å². The van der Waals surface area contributed by atoms with Crippen LogP contribution in [0.2, 0.25) is 0 Å². The van der Waals surface area contributed by atoms with Gasteiger partial charge in [-0.15, -0.1) is 0 Å². The minimum atomic E-state index is -3.23. The van der Waals surface area contributed by atoms with Crippen molar-refractivity contribution < 1.29 is 18.0 Å². The molecule has 1 N–H and O–H groups in total. The maximum absolute atomic E-state index is 12.4. The van der Waals surface area contributed by atoms with Crippen molar-refractivity contribution in [2.75, 3.05) is 12.3 Å². The van der Waals surface area contributed by atoms with Crippen molar-refractivity contribution in [1.29, 1.82) is 0 Å². The number of sulfone groups is 1. The van der Waals surface area contributed by atoms with Gasteiger partial charge in [-0.1, -0.05) is 6.92 Å². The normalized spacial score (nSPS) is 27.9. The highest BCUT2D eigenvalue weighted by atomic mass is 32.2. The zero-order chi connectivity index (χ0) is 15.7. The summed E-state index contributed by atoms with van der Waals surface area (Å²) >= 11 is 0. The Bertz CT molecular complexity index is 501. The molecule has 0 aromatic carbocycles. The van der Waals surface area contributed by atoms with Gasteiger partial charge in [-0.05, 0) is 34.1 Å². The summed E-state index contributed by atoms with van der Waals surface area (Å²) in [5, 5.41) is 2.23. The zero-order valence-electron chi connectivity index (χ0n) is 12.8. The lowest BCUT2D eigenvalue weighted by Gasteiger charge is -2.43. The fraction of sp³-hybridized carbons (Fsp3) is 0.846. The van der Waals surface area contributed by atoms with E-state index < -0.39 is 26.7 Å². The maximum atomic E-state index is 12.4. The Morgan fingerprint density at radius 2 is 1.90 bits per heavy atom. The molecule has 0 aromatic rings. The van der Waals surface area contributed by atoms with Gasteiger partial charge < -0.3 is 10.2 Å². The van der Waals surface area contributed by atoms with E-state index in [-0.39, 0.29) is 24.1 Å². The van der Waals surface area contributed by atoms with Crippen LogP contribution >= 0.6 is 0 Å². The Balaban J connectivity index is 2.92. The number of amides is 2. The van der Waals surface area contributed by atoms with Crippen molar-refractivity contribution >= 4 is 21.7 Å². The Kier molecular flexibility index (Phi) is 4.84. The van der Waals surface area contributed by atoms with Crippen molar-refractivity contribution in [3.05, 3.63) is 0 Å². The molecule has 116 valence electrons. The summed E-state index contributed by atoms with van der Waals surface area (Å²) in [4.78, 5) is 25.7. The molecule has 0 aliphatic carbocycles. The lowest BCUT2D eigenvalue weighted by Crippen LogP contribution is -2.68. The number of piperazine rings is 1. The number of rotatable bonds is 5. The van der Waals surface area contributed by atoms with Crippen molar-refractivity contribution in [3.8, 4) is 0 Å². The number of carbonyl (C=O) groups is 2. The summed E-state index contributed by atoms with van der Waals surface area (Å²) in [5.74, 6) is -0.574. The van der Waals surface area contributed by atoms with Crippen LogP contribution in [-0.2, 0) is 19.4 Å². The van der Waals surface area contributed by atoms with Gasteiger partial charge in [0.2, 0.25) is 11.8 Å². The van der Waals surface area contributed by atoms with Crippen LogP contribution in [0.4, 0.5) is 0 Å². The van der Waals surface area contributed by atoms with E-state index >= 15 is 0 Å². The minimum Gasteiger partial charge on any atom is -0.340 e. The Morgan fingerprint density at radius 1 is 1.35 bits per heavy atom. The summed E-state index contributed by atoms with van der Waals surface area (Å²) in [5.41, 5.74) is -0.939. The van der Waals surface area contributed by atoms with Gasteiger partial charge in [-0.2, -0.15) is 0 Å². The third kappa shape index (κ3) is 3.13. The van der Waals surface area contributed by atoms with Gasteiger partial charge >= 0.3 is 0 Å². The highest BCUT2D eigenvalue weighted by Gasteiger charge is 2.45. The van der Waals surface area contributed by atoms with E-state index in [9.17, 15) is 18.0 Å². The monoisotopic (exact) mass is 304 g/mol. The van der Waals surface area contributed by atoms with E-state index in [0.29, 0.717) is 6.42 Å². The first-order valence-corrected chi connectivity index (χ1v) is 8.61. The molecule has 6 nitrogen and oxygen atoms in total. The van der Waals surface area contributed by atoms with Gasteiger partial charge in [0.25, 0.3) is 0 Å². The van der Waals surface area contributed by atoms with Crippen LogP contribution in [0.1, 0.15) is 41.0 Å². The second kappa shape index (κ2) is 5.71. The summed E-state index contributed by atoms with van der Waals surface area (Å²) < 4.78 is 23.7. The van der Waals surface area contributed by atoms with Gasteiger partial charge in [0.15, 0.2) is 9.84 Å². The first-order chi connectivity index (χ1) is 9.05. The molecule has 1 rings (SSSR count).